The van der Waals surface area contributed by atoms with Crippen molar-refractivity contribution in [3.63, 3.8) is 0 Å². The molecular weight excluding hydrogens is 444 g/mol. The van der Waals surface area contributed by atoms with E-state index in [0.717, 1.165) is 0 Å². The first-order valence-corrected chi connectivity index (χ1v) is 9.63. The van der Waals surface area contributed by atoms with Crippen molar-refractivity contribution in [2.75, 3.05) is 20.3 Å². The van der Waals surface area contributed by atoms with E-state index in [1.54, 1.807) is 6.92 Å². The summed E-state index contributed by atoms with van der Waals surface area (Å²) in [5.74, 6) is -0.989. The third kappa shape index (κ3) is 5.22. The van der Waals surface area contributed by atoms with Gasteiger partial charge in [-0.2, -0.15) is 0 Å². The number of nitro benzene ring substituents is 1. The molecular formula is C21H17ClN2O8. The van der Waals surface area contributed by atoms with Gasteiger partial charge in [-0.05, 0) is 36.8 Å². The molecule has 0 amide bonds. The molecule has 0 aliphatic carbocycles. The zero-order chi connectivity index (χ0) is 23.3. The number of hydrogen-bond acceptors (Lipinski definition) is 9. The minimum absolute atomic E-state index is 0.0372. The number of nitrogens with zero attached hydrogens (tertiary/aromatic N) is 2. The van der Waals surface area contributed by atoms with Gasteiger partial charge in [-0.1, -0.05) is 17.7 Å². The highest BCUT2D eigenvalue weighted by Crippen LogP contribution is 2.37. The van der Waals surface area contributed by atoms with Crippen molar-refractivity contribution in [1.82, 2.24) is 0 Å². The third-order valence-corrected chi connectivity index (χ3v) is 4.40. The number of esters is 2. The van der Waals surface area contributed by atoms with Crippen LogP contribution < -0.4 is 9.47 Å². The first-order valence-electron chi connectivity index (χ1n) is 9.25. The lowest BCUT2D eigenvalue weighted by atomic mass is 10.1. The van der Waals surface area contributed by atoms with Crippen LogP contribution in [-0.2, 0) is 19.1 Å². The molecule has 32 heavy (non-hydrogen) atoms. The van der Waals surface area contributed by atoms with E-state index in [1.807, 2.05) is 0 Å². The van der Waals surface area contributed by atoms with E-state index < -0.39 is 16.9 Å². The average molecular weight is 461 g/mol. The normalized spacial score (nSPS) is 14.0. The van der Waals surface area contributed by atoms with Gasteiger partial charge in [0.15, 0.2) is 23.8 Å². The van der Waals surface area contributed by atoms with Crippen LogP contribution in [0.1, 0.15) is 18.1 Å². The van der Waals surface area contributed by atoms with Gasteiger partial charge in [0.25, 0.3) is 5.69 Å². The number of halogens is 1. The number of carbonyl (C=O) groups is 2. The van der Waals surface area contributed by atoms with Crippen LogP contribution in [0, 0.1) is 10.1 Å². The topological polar surface area (TPSA) is 127 Å². The molecule has 0 saturated heterocycles. The summed E-state index contributed by atoms with van der Waals surface area (Å²) in [6.45, 7) is 1.54. The molecule has 0 spiro atoms. The second-order valence-corrected chi connectivity index (χ2v) is 6.68. The molecule has 0 bridgehead atoms. The molecule has 0 unspecified atom stereocenters. The molecule has 3 rings (SSSR count). The Hall–Kier alpha value is -3.92. The Balaban J connectivity index is 1.88. The van der Waals surface area contributed by atoms with Crippen molar-refractivity contribution in [3.8, 4) is 11.5 Å². The molecule has 1 aliphatic rings. The molecule has 0 N–H and O–H groups in total. The summed E-state index contributed by atoms with van der Waals surface area (Å²) in [4.78, 5) is 38.3. The number of ether oxygens (including phenoxy) is 4. The van der Waals surface area contributed by atoms with Gasteiger partial charge in [0.1, 0.15) is 0 Å². The monoisotopic (exact) mass is 460 g/mol. The highest BCUT2D eigenvalue weighted by molar-refractivity contribution is 6.32. The maximum Gasteiger partial charge on any atom is 0.363 e. The summed E-state index contributed by atoms with van der Waals surface area (Å²) < 4.78 is 20.6. The molecule has 0 saturated carbocycles. The maximum atomic E-state index is 12.2. The summed E-state index contributed by atoms with van der Waals surface area (Å²) in [5, 5.41) is 11.1. The fourth-order valence-corrected chi connectivity index (χ4v) is 3.01. The number of aliphatic imine (C=N–C) groups is 1. The summed E-state index contributed by atoms with van der Waals surface area (Å²) >= 11 is 6.27. The zero-order valence-electron chi connectivity index (χ0n) is 17.0. The SMILES string of the molecule is CCOC(=O)COc1c(Cl)cc(/C=C2\N=C(c3cccc([N+](=O)[O-])c3)OC2=O)cc1OC. The highest BCUT2D eigenvalue weighted by atomic mass is 35.5. The van der Waals surface area contributed by atoms with Gasteiger partial charge in [-0.25, -0.2) is 14.6 Å². The van der Waals surface area contributed by atoms with Crippen molar-refractivity contribution in [2.24, 2.45) is 4.99 Å². The average Bonchev–Trinajstić information content (AvgIpc) is 3.13. The lowest BCUT2D eigenvalue weighted by Crippen LogP contribution is -2.15. The van der Waals surface area contributed by atoms with Gasteiger partial charge < -0.3 is 18.9 Å². The van der Waals surface area contributed by atoms with Gasteiger partial charge in [0, 0.05) is 17.7 Å². The first kappa shape index (κ1) is 22.8. The van der Waals surface area contributed by atoms with E-state index in [0.29, 0.717) is 5.56 Å². The lowest BCUT2D eigenvalue weighted by molar-refractivity contribution is -0.384. The number of carbonyl (C=O) groups excluding carboxylic acids is 2. The predicted molar refractivity (Wildman–Crippen MR) is 114 cm³/mol. The Morgan fingerprint density at radius 2 is 2.09 bits per heavy atom. The van der Waals surface area contributed by atoms with Gasteiger partial charge in [0.05, 0.1) is 23.7 Å². The van der Waals surface area contributed by atoms with E-state index in [4.69, 9.17) is 30.5 Å². The van der Waals surface area contributed by atoms with Crippen LogP contribution in [0.3, 0.4) is 0 Å². The second kappa shape index (κ2) is 9.92. The van der Waals surface area contributed by atoms with E-state index in [1.165, 1.54) is 49.6 Å². The minimum Gasteiger partial charge on any atom is -0.493 e. The summed E-state index contributed by atoms with van der Waals surface area (Å²) in [6.07, 6.45) is 1.41. The van der Waals surface area contributed by atoms with Crippen LogP contribution in [0.2, 0.25) is 5.02 Å². The van der Waals surface area contributed by atoms with Gasteiger partial charge in [0.2, 0.25) is 5.90 Å². The van der Waals surface area contributed by atoms with Crippen LogP contribution in [-0.4, -0.2) is 43.1 Å². The number of non-ortho nitro benzene ring substituents is 1. The van der Waals surface area contributed by atoms with E-state index in [9.17, 15) is 19.7 Å². The Morgan fingerprint density at radius 3 is 2.78 bits per heavy atom. The van der Waals surface area contributed by atoms with E-state index in [-0.39, 0.29) is 52.6 Å². The van der Waals surface area contributed by atoms with E-state index >= 15 is 0 Å². The second-order valence-electron chi connectivity index (χ2n) is 6.27. The van der Waals surface area contributed by atoms with Crippen LogP contribution >= 0.6 is 11.6 Å². The fraction of sp³-hybridized carbons (Fsp3) is 0.190. The lowest BCUT2D eigenvalue weighted by Gasteiger charge is -2.12. The molecule has 0 aromatic heterocycles. The molecule has 2 aromatic rings. The largest absolute Gasteiger partial charge is 0.493 e. The maximum absolute atomic E-state index is 12.2. The molecule has 0 atom stereocenters. The number of hydrogen-bond donors (Lipinski definition) is 0. The van der Waals surface area contributed by atoms with Crippen LogP contribution in [0.5, 0.6) is 11.5 Å². The molecule has 2 aromatic carbocycles. The third-order valence-electron chi connectivity index (χ3n) is 4.12. The van der Waals surface area contributed by atoms with Crippen molar-refractivity contribution >= 4 is 41.2 Å². The molecule has 10 nitrogen and oxygen atoms in total. The van der Waals surface area contributed by atoms with Crippen molar-refractivity contribution < 1.29 is 33.5 Å². The standard InChI is InChI=1S/C21H17ClN2O8/c1-3-30-18(25)11-31-19-15(22)7-12(9-17(19)29-2)8-16-21(26)32-20(23-16)13-5-4-6-14(10-13)24(27)28/h4-10H,3,11H2,1-2H3/b16-8-. The highest BCUT2D eigenvalue weighted by Gasteiger charge is 2.25. The molecule has 11 heteroatoms. The minimum atomic E-state index is -0.732. The van der Waals surface area contributed by atoms with Crippen molar-refractivity contribution in [3.05, 3.63) is 68.4 Å². The molecule has 166 valence electrons. The van der Waals surface area contributed by atoms with E-state index in [2.05, 4.69) is 4.99 Å². The quantitative estimate of drug-likeness (QED) is 0.253. The molecule has 1 aliphatic heterocycles. The van der Waals surface area contributed by atoms with Crippen molar-refractivity contribution in [2.45, 2.75) is 6.92 Å². The van der Waals surface area contributed by atoms with Crippen LogP contribution in [0.15, 0.2) is 47.1 Å². The number of benzene rings is 2. The fourth-order valence-electron chi connectivity index (χ4n) is 2.74. The van der Waals surface area contributed by atoms with Crippen LogP contribution in [0.25, 0.3) is 6.08 Å². The predicted octanol–water partition coefficient (Wildman–Crippen LogP) is 3.54. The Kier molecular flexibility index (Phi) is 7.06. The summed E-state index contributed by atoms with van der Waals surface area (Å²) in [6, 6.07) is 8.60. The summed E-state index contributed by atoms with van der Waals surface area (Å²) in [7, 11) is 1.39. The Morgan fingerprint density at radius 1 is 1.31 bits per heavy atom. The Bertz CT molecular complexity index is 1140. The number of methoxy groups -OCH3 is 1. The summed E-state index contributed by atoms with van der Waals surface area (Å²) in [5.41, 5.74) is 0.541. The molecule has 0 fully saturated rings. The number of cyclic esters (lactones) is 1. The number of nitro groups is 1. The molecule has 0 radical (unpaired) electrons. The van der Waals surface area contributed by atoms with Gasteiger partial charge >= 0.3 is 11.9 Å². The zero-order valence-corrected chi connectivity index (χ0v) is 17.7. The smallest absolute Gasteiger partial charge is 0.363 e. The van der Waals surface area contributed by atoms with Gasteiger partial charge in [-0.3, -0.25) is 10.1 Å². The Labute approximate surface area is 187 Å². The molecule has 1 heterocycles. The first-order chi connectivity index (χ1) is 15.3. The van der Waals surface area contributed by atoms with Gasteiger partial charge in [-0.15, -0.1) is 0 Å². The van der Waals surface area contributed by atoms with Crippen molar-refractivity contribution in [1.29, 1.82) is 0 Å². The number of rotatable bonds is 8. The van der Waals surface area contributed by atoms with Crippen LogP contribution in [0.4, 0.5) is 5.69 Å².